The summed E-state index contributed by atoms with van der Waals surface area (Å²) in [7, 11) is 0. The van der Waals surface area contributed by atoms with Gasteiger partial charge in [0.05, 0.1) is 0 Å². The molecule has 0 amide bonds. The summed E-state index contributed by atoms with van der Waals surface area (Å²) in [6.07, 6.45) is 4.56. The molecule has 0 fully saturated rings. The fraction of sp³-hybridized carbons (Fsp3) is 0.600. The first kappa shape index (κ1) is 30.7. The first-order chi connectivity index (χ1) is 7.29. The number of hydrogen-bond donors (Lipinski definition) is 2. The van der Waals surface area contributed by atoms with Gasteiger partial charge >= 0.3 is 21.1 Å². The predicted molar refractivity (Wildman–Crippen MR) is 88.8 cm³/mol. The molecule has 0 bridgehead atoms. The maximum Gasteiger partial charge on any atom is 4.00 e. The number of hydrogen-bond acceptors (Lipinski definition) is 4. The standard InChI is InChI=1S/2C4H9.2CH3NS2.Mo/c2*1-3-4-2;2*2-1(3)4;/h2*1,3-4H2,2H3;2*(H3,2,3,4);/q2*-1;;;+4/p-2. The van der Waals surface area contributed by atoms with Crippen molar-refractivity contribution in [2.24, 2.45) is 11.5 Å². The summed E-state index contributed by atoms with van der Waals surface area (Å²) in [5.74, 6) is 0. The van der Waals surface area contributed by atoms with Gasteiger partial charge in [0.2, 0.25) is 0 Å². The van der Waals surface area contributed by atoms with Gasteiger partial charge < -0.3 is 75.0 Å². The van der Waals surface area contributed by atoms with Crippen LogP contribution < -0.4 is 11.5 Å². The average Bonchev–Trinajstić information content (AvgIpc) is 2.16. The molecule has 0 aliphatic heterocycles. The third-order valence-electron chi connectivity index (χ3n) is 0.707. The second kappa shape index (κ2) is 36.0. The zero-order valence-electron chi connectivity index (χ0n) is 10.4. The average molecular weight is 395 g/mol. The van der Waals surface area contributed by atoms with Gasteiger partial charge in [-0.1, -0.05) is 35.3 Å². The van der Waals surface area contributed by atoms with Crippen molar-refractivity contribution in [2.75, 3.05) is 0 Å². The zero-order valence-corrected chi connectivity index (χ0v) is 15.7. The van der Waals surface area contributed by atoms with Gasteiger partial charge in [-0.25, -0.2) is 0 Å². The molecular formula is C10H22MoN2S4. The molecule has 2 nitrogen and oxygen atoms in total. The molecule has 4 N–H and O–H groups in total. The Morgan fingerprint density at radius 2 is 1.00 bits per heavy atom. The van der Waals surface area contributed by atoms with Crippen LogP contribution in [-0.4, -0.2) is 8.64 Å². The Kier molecular flexibility index (Phi) is 65.0. The van der Waals surface area contributed by atoms with E-state index in [9.17, 15) is 0 Å². The van der Waals surface area contributed by atoms with Crippen LogP contribution in [0.25, 0.3) is 0 Å². The van der Waals surface area contributed by atoms with E-state index in [1.807, 2.05) is 0 Å². The van der Waals surface area contributed by atoms with Crippen LogP contribution in [0.3, 0.4) is 0 Å². The van der Waals surface area contributed by atoms with Gasteiger partial charge in [-0.3, -0.25) is 0 Å². The molecule has 0 saturated heterocycles. The SMILES string of the molecule is NC(=S)[S-].NC(=S)[S-].[CH2-]CCC.[CH2-]CCC.[Mo+4]. The molecule has 0 saturated carbocycles. The largest absolute Gasteiger partial charge is 4.00 e. The smallest absolute Gasteiger partial charge is 0.415 e. The van der Waals surface area contributed by atoms with Crippen molar-refractivity contribution >= 4 is 58.3 Å². The van der Waals surface area contributed by atoms with Crippen molar-refractivity contribution in [2.45, 2.75) is 39.5 Å². The Balaban J connectivity index is -0.0000000369. The molecule has 7 heteroatoms. The van der Waals surface area contributed by atoms with Crippen molar-refractivity contribution in [3.8, 4) is 0 Å². The molecule has 102 valence electrons. The molecule has 0 radical (unpaired) electrons. The zero-order chi connectivity index (χ0) is 14.0. The fourth-order valence-corrected chi connectivity index (χ4v) is 0. The molecule has 0 aliphatic carbocycles. The van der Waals surface area contributed by atoms with E-state index < -0.39 is 0 Å². The fourth-order valence-electron chi connectivity index (χ4n) is 0. The molecule has 0 atom stereocenters. The molecule has 0 aliphatic rings. The molecule has 0 rings (SSSR count). The van der Waals surface area contributed by atoms with Crippen LogP contribution in [-0.2, 0) is 46.3 Å². The quantitative estimate of drug-likeness (QED) is 0.325. The van der Waals surface area contributed by atoms with Gasteiger partial charge in [0.1, 0.15) is 0 Å². The third-order valence-corrected chi connectivity index (χ3v) is 0.707. The number of rotatable bonds is 2. The monoisotopic (exact) mass is 396 g/mol. The maximum absolute atomic E-state index is 4.66. The van der Waals surface area contributed by atoms with Crippen molar-refractivity contribution < 1.29 is 21.1 Å². The first-order valence-corrected chi connectivity index (χ1v) is 6.44. The topological polar surface area (TPSA) is 52.0 Å². The summed E-state index contributed by atoms with van der Waals surface area (Å²) in [5.41, 5.74) is 9.31. The number of nitrogens with two attached hydrogens (primary N) is 2. The van der Waals surface area contributed by atoms with E-state index in [0.29, 0.717) is 0 Å². The van der Waals surface area contributed by atoms with Gasteiger partial charge in [0.25, 0.3) is 0 Å². The normalized spacial score (nSPS) is 6.35. The van der Waals surface area contributed by atoms with Gasteiger partial charge in [0.15, 0.2) is 0 Å². The van der Waals surface area contributed by atoms with Gasteiger partial charge in [-0.05, 0) is 0 Å². The molecular weight excluding hydrogens is 372 g/mol. The summed E-state index contributed by atoms with van der Waals surface area (Å²) in [5, 5.41) is 0. The summed E-state index contributed by atoms with van der Waals surface area (Å²) in [6, 6.07) is 0. The van der Waals surface area contributed by atoms with E-state index >= 15 is 0 Å². The maximum atomic E-state index is 4.66. The van der Waals surface area contributed by atoms with Crippen LogP contribution in [0.15, 0.2) is 0 Å². The molecule has 0 aromatic carbocycles. The number of unbranched alkanes of at least 4 members (excludes halogenated alkanes) is 2. The van der Waals surface area contributed by atoms with E-state index in [1.165, 1.54) is 12.8 Å². The van der Waals surface area contributed by atoms with Crippen LogP contribution in [0.2, 0.25) is 0 Å². The van der Waals surface area contributed by atoms with E-state index in [2.05, 4.69) is 88.9 Å². The van der Waals surface area contributed by atoms with Crippen molar-refractivity contribution in [1.29, 1.82) is 0 Å². The van der Waals surface area contributed by atoms with Crippen LogP contribution >= 0.6 is 24.4 Å². The molecule has 0 aromatic rings. The Morgan fingerprint density at radius 3 is 1.00 bits per heavy atom. The van der Waals surface area contributed by atoms with E-state index in [-0.39, 0.29) is 29.7 Å². The van der Waals surface area contributed by atoms with Crippen molar-refractivity contribution in [3.05, 3.63) is 13.8 Å². The minimum absolute atomic E-state index is 0. The van der Waals surface area contributed by atoms with E-state index in [4.69, 9.17) is 0 Å². The van der Waals surface area contributed by atoms with Crippen LogP contribution in [0, 0.1) is 13.8 Å². The summed E-state index contributed by atoms with van der Waals surface area (Å²) in [6.45, 7) is 11.4. The molecule has 0 heterocycles. The van der Waals surface area contributed by atoms with E-state index in [1.54, 1.807) is 0 Å². The van der Waals surface area contributed by atoms with Crippen LogP contribution in [0.5, 0.6) is 0 Å². The molecule has 0 spiro atoms. The summed E-state index contributed by atoms with van der Waals surface area (Å²) >= 11 is 16.5. The Morgan fingerprint density at radius 1 is 0.941 bits per heavy atom. The minimum Gasteiger partial charge on any atom is -0.415 e. The van der Waals surface area contributed by atoms with Gasteiger partial charge in [-0.15, -0.1) is 0 Å². The van der Waals surface area contributed by atoms with E-state index in [0.717, 1.165) is 12.8 Å². The number of thiocarbonyl (C=S) groups is 2. The van der Waals surface area contributed by atoms with Crippen molar-refractivity contribution in [1.82, 2.24) is 0 Å². The third kappa shape index (κ3) is 444. The van der Waals surface area contributed by atoms with Crippen LogP contribution in [0.1, 0.15) is 39.5 Å². The molecule has 17 heavy (non-hydrogen) atoms. The minimum atomic E-state index is 0. The predicted octanol–water partition coefficient (Wildman–Crippen LogP) is 2.79. The Hall–Kier alpha value is 0.908. The first-order valence-electron chi connectivity index (χ1n) is 4.81. The summed E-state index contributed by atoms with van der Waals surface area (Å²) < 4.78 is 0.167. The van der Waals surface area contributed by atoms with Crippen molar-refractivity contribution in [3.63, 3.8) is 0 Å². The van der Waals surface area contributed by atoms with Crippen LogP contribution in [0.4, 0.5) is 0 Å². The Labute approximate surface area is 143 Å². The van der Waals surface area contributed by atoms with Gasteiger partial charge in [0, 0.05) is 0 Å². The summed E-state index contributed by atoms with van der Waals surface area (Å²) in [4.78, 5) is 0. The van der Waals surface area contributed by atoms with Gasteiger partial charge in [-0.2, -0.15) is 12.8 Å². The molecule has 0 aromatic heterocycles. The molecule has 0 unspecified atom stereocenters. The Bertz CT molecular complexity index is 118. The second-order valence-corrected chi connectivity index (χ2v) is 4.62. The second-order valence-electron chi connectivity index (χ2n) is 2.35.